The van der Waals surface area contributed by atoms with Gasteiger partial charge in [0.25, 0.3) is 15.9 Å². The number of nitrogens with one attached hydrogen (secondary N) is 2. The molecule has 0 aliphatic rings. The van der Waals surface area contributed by atoms with Crippen LogP contribution < -0.4 is 10.0 Å². The van der Waals surface area contributed by atoms with E-state index >= 15 is 0 Å². The first kappa shape index (κ1) is 23.2. The van der Waals surface area contributed by atoms with E-state index in [2.05, 4.69) is 15.0 Å². The summed E-state index contributed by atoms with van der Waals surface area (Å²) in [7, 11) is -3.77. The molecule has 1 amide bonds. The van der Waals surface area contributed by atoms with Crippen LogP contribution in [0.2, 0.25) is 0 Å². The number of nitrogens with zero attached hydrogens (tertiary/aromatic N) is 2. The van der Waals surface area contributed by atoms with E-state index < -0.39 is 10.0 Å². The maximum absolute atomic E-state index is 13.3. The molecule has 36 heavy (non-hydrogen) atoms. The molecule has 3 aromatic carbocycles. The van der Waals surface area contributed by atoms with Crippen molar-refractivity contribution >= 4 is 32.5 Å². The van der Waals surface area contributed by atoms with Gasteiger partial charge in [-0.05, 0) is 48.0 Å². The summed E-state index contributed by atoms with van der Waals surface area (Å²) >= 11 is 0. The summed E-state index contributed by atoms with van der Waals surface area (Å²) < 4.78 is 28.3. The third kappa shape index (κ3) is 4.94. The predicted octanol–water partition coefficient (Wildman–Crippen LogP) is 5.03. The topological polar surface area (TPSA) is 101 Å². The summed E-state index contributed by atoms with van der Waals surface area (Å²) in [6.07, 6.45) is 3.36. The summed E-state index contributed by atoms with van der Waals surface area (Å²) in [4.78, 5) is 22.3. The van der Waals surface area contributed by atoms with E-state index in [4.69, 9.17) is 4.98 Å². The van der Waals surface area contributed by atoms with Crippen molar-refractivity contribution in [1.29, 1.82) is 0 Å². The Morgan fingerprint density at radius 2 is 1.50 bits per heavy atom. The van der Waals surface area contributed by atoms with Crippen molar-refractivity contribution in [3.05, 3.63) is 121 Å². The van der Waals surface area contributed by atoms with Crippen molar-refractivity contribution < 1.29 is 13.2 Å². The molecule has 0 fully saturated rings. The number of sulfonamides is 1. The number of amides is 1. The SMILES string of the molecule is O=C(NCc1ccccc1NS(=O)(=O)c1ccccc1)c1cc(-c2ccncc2)nc2ccccc12. The Bertz CT molecular complexity index is 1640. The fourth-order valence-electron chi connectivity index (χ4n) is 3.88. The van der Waals surface area contributed by atoms with Gasteiger partial charge in [0.1, 0.15) is 0 Å². The first-order valence-electron chi connectivity index (χ1n) is 11.3. The van der Waals surface area contributed by atoms with Crippen molar-refractivity contribution in [2.75, 3.05) is 4.72 Å². The standard InChI is InChI=1S/C28H22N4O3S/c33-28(24-18-27(20-14-16-29-17-15-20)31-26-13-7-5-11-23(24)26)30-19-21-8-4-6-12-25(21)32-36(34,35)22-9-2-1-3-10-22/h1-18,32H,19H2,(H,30,33). The van der Waals surface area contributed by atoms with E-state index in [1.807, 2.05) is 36.4 Å². The molecule has 0 spiro atoms. The number of fused-ring (bicyclic) bond motifs is 1. The number of para-hydroxylation sites is 2. The molecule has 2 heterocycles. The van der Waals surface area contributed by atoms with Crippen LogP contribution in [-0.2, 0) is 16.6 Å². The van der Waals surface area contributed by atoms with Gasteiger partial charge in [0.15, 0.2) is 0 Å². The monoisotopic (exact) mass is 494 g/mol. The quantitative estimate of drug-likeness (QED) is 0.331. The molecule has 178 valence electrons. The van der Waals surface area contributed by atoms with Gasteiger partial charge in [0, 0.05) is 29.9 Å². The molecule has 2 N–H and O–H groups in total. The summed E-state index contributed by atoms with van der Waals surface area (Å²) in [5, 5.41) is 3.67. The van der Waals surface area contributed by atoms with Crippen LogP contribution >= 0.6 is 0 Å². The van der Waals surface area contributed by atoms with Gasteiger partial charge in [0.2, 0.25) is 0 Å². The van der Waals surface area contributed by atoms with E-state index in [1.165, 1.54) is 12.1 Å². The Morgan fingerprint density at radius 3 is 2.31 bits per heavy atom. The Hall–Kier alpha value is -4.56. The minimum atomic E-state index is -3.77. The molecule has 0 saturated carbocycles. The number of pyridine rings is 2. The van der Waals surface area contributed by atoms with Gasteiger partial charge < -0.3 is 5.32 Å². The van der Waals surface area contributed by atoms with Gasteiger partial charge in [-0.15, -0.1) is 0 Å². The van der Waals surface area contributed by atoms with Gasteiger partial charge >= 0.3 is 0 Å². The Kier molecular flexibility index (Phi) is 6.42. The predicted molar refractivity (Wildman–Crippen MR) is 140 cm³/mol. The highest BCUT2D eigenvalue weighted by atomic mass is 32.2. The molecule has 5 rings (SSSR count). The van der Waals surface area contributed by atoms with Gasteiger partial charge in [-0.1, -0.05) is 54.6 Å². The van der Waals surface area contributed by atoms with E-state index in [0.717, 1.165) is 10.9 Å². The van der Waals surface area contributed by atoms with Crippen LogP contribution in [0, 0.1) is 0 Å². The molecule has 0 aliphatic carbocycles. The highest BCUT2D eigenvalue weighted by molar-refractivity contribution is 7.92. The van der Waals surface area contributed by atoms with E-state index in [1.54, 1.807) is 60.9 Å². The number of carbonyl (C=O) groups excluding carboxylic acids is 1. The van der Waals surface area contributed by atoms with Crippen molar-refractivity contribution in [2.45, 2.75) is 11.4 Å². The summed E-state index contributed by atoms with van der Waals surface area (Å²) in [6, 6.07) is 28.0. The fraction of sp³-hybridized carbons (Fsp3) is 0.0357. The minimum absolute atomic E-state index is 0.132. The lowest BCUT2D eigenvalue weighted by atomic mass is 10.0. The lowest BCUT2D eigenvalue weighted by Crippen LogP contribution is -2.24. The molecule has 0 bridgehead atoms. The average Bonchev–Trinajstić information content (AvgIpc) is 2.92. The second-order valence-corrected chi connectivity index (χ2v) is 9.75. The molecule has 0 unspecified atom stereocenters. The summed E-state index contributed by atoms with van der Waals surface area (Å²) in [5.41, 5.74) is 3.74. The Balaban J connectivity index is 1.42. The molecule has 8 heteroatoms. The zero-order valence-electron chi connectivity index (χ0n) is 19.1. The number of carbonyl (C=O) groups is 1. The van der Waals surface area contributed by atoms with Crippen molar-refractivity contribution in [3.63, 3.8) is 0 Å². The Morgan fingerprint density at radius 1 is 0.806 bits per heavy atom. The zero-order chi connectivity index (χ0) is 25.0. The zero-order valence-corrected chi connectivity index (χ0v) is 19.9. The van der Waals surface area contributed by atoms with E-state index in [9.17, 15) is 13.2 Å². The van der Waals surface area contributed by atoms with Crippen LogP contribution in [0.1, 0.15) is 15.9 Å². The van der Waals surface area contributed by atoms with Crippen LogP contribution in [-0.4, -0.2) is 24.3 Å². The number of hydrogen-bond donors (Lipinski definition) is 2. The Labute approximate surface area is 208 Å². The van der Waals surface area contributed by atoms with E-state index in [0.29, 0.717) is 28.0 Å². The highest BCUT2D eigenvalue weighted by Gasteiger charge is 2.17. The second-order valence-electron chi connectivity index (χ2n) is 8.07. The van der Waals surface area contributed by atoms with Crippen LogP contribution in [0.4, 0.5) is 5.69 Å². The second kappa shape index (κ2) is 9.97. The lowest BCUT2D eigenvalue weighted by molar-refractivity contribution is 0.0952. The maximum atomic E-state index is 13.3. The smallest absolute Gasteiger partial charge is 0.261 e. The molecule has 7 nitrogen and oxygen atoms in total. The fourth-order valence-corrected chi connectivity index (χ4v) is 5.00. The molecular weight excluding hydrogens is 472 g/mol. The normalized spacial score (nSPS) is 11.2. The van der Waals surface area contributed by atoms with Crippen molar-refractivity contribution in [3.8, 4) is 11.3 Å². The number of hydrogen-bond acceptors (Lipinski definition) is 5. The number of rotatable bonds is 7. The van der Waals surface area contributed by atoms with Gasteiger partial charge in [-0.25, -0.2) is 13.4 Å². The van der Waals surface area contributed by atoms with Crippen LogP contribution in [0.15, 0.2) is 114 Å². The van der Waals surface area contributed by atoms with Gasteiger partial charge in [0.05, 0.1) is 27.4 Å². The van der Waals surface area contributed by atoms with Gasteiger partial charge in [-0.2, -0.15) is 0 Å². The third-order valence-electron chi connectivity index (χ3n) is 5.69. The van der Waals surface area contributed by atoms with Crippen LogP contribution in [0.25, 0.3) is 22.2 Å². The molecule has 0 aliphatic heterocycles. The molecule has 2 aromatic heterocycles. The minimum Gasteiger partial charge on any atom is -0.348 e. The third-order valence-corrected chi connectivity index (χ3v) is 7.07. The van der Waals surface area contributed by atoms with Gasteiger partial charge in [-0.3, -0.25) is 14.5 Å². The summed E-state index contributed by atoms with van der Waals surface area (Å²) in [6.45, 7) is 0.132. The first-order chi connectivity index (χ1) is 17.5. The first-order valence-corrected chi connectivity index (χ1v) is 12.7. The maximum Gasteiger partial charge on any atom is 0.261 e. The average molecular weight is 495 g/mol. The number of anilines is 1. The van der Waals surface area contributed by atoms with Crippen LogP contribution in [0.3, 0.4) is 0 Å². The largest absolute Gasteiger partial charge is 0.348 e. The molecule has 5 aromatic rings. The summed E-state index contributed by atoms with van der Waals surface area (Å²) in [5.74, 6) is -0.287. The number of benzene rings is 3. The van der Waals surface area contributed by atoms with Crippen molar-refractivity contribution in [2.24, 2.45) is 0 Å². The molecular formula is C28H22N4O3S. The molecule has 0 radical (unpaired) electrons. The lowest BCUT2D eigenvalue weighted by Gasteiger charge is -2.14. The molecule has 0 saturated heterocycles. The number of aromatic nitrogens is 2. The van der Waals surface area contributed by atoms with E-state index in [-0.39, 0.29) is 17.3 Å². The highest BCUT2D eigenvalue weighted by Crippen LogP contribution is 2.25. The van der Waals surface area contributed by atoms with Crippen LogP contribution in [0.5, 0.6) is 0 Å². The molecule has 0 atom stereocenters. The van der Waals surface area contributed by atoms with Crippen molar-refractivity contribution in [1.82, 2.24) is 15.3 Å².